The van der Waals surface area contributed by atoms with Crippen LogP contribution in [0.2, 0.25) is 0 Å². The topological polar surface area (TPSA) is 152 Å². The molecule has 1 aromatic heterocycles. The second-order valence-corrected chi connectivity index (χ2v) is 14.7. The minimum absolute atomic E-state index is 0.0460. The Hall–Kier alpha value is -3.37. The molecule has 15 heteroatoms. The number of aliphatic hydroxyl groups excluding tert-OH is 1. The highest BCUT2D eigenvalue weighted by Crippen LogP contribution is 2.43. The predicted octanol–water partition coefficient (Wildman–Crippen LogP) is 4.39. The molecule has 2 aliphatic rings. The minimum atomic E-state index is -4.17. The van der Waals surface area contributed by atoms with Gasteiger partial charge in [-0.1, -0.05) is 44.2 Å². The average Bonchev–Trinajstić information content (AvgIpc) is 3.55. The van der Waals surface area contributed by atoms with E-state index in [-0.39, 0.29) is 61.0 Å². The maximum absolute atomic E-state index is 14.6. The first-order valence-corrected chi connectivity index (χ1v) is 17.1. The van der Waals surface area contributed by atoms with Gasteiger partial charge in [-0.2, -0.15) is 9.29 Å². The summed E-state index contributed by atoms with van der Waals surface area (Å²) in [6, 6.07) is 12.6. The molecule has 5 rings (SSSR count). The number of anilines is 1. The van der Waals surface area contributed by atoms with Gasteiger partial charge in [-0.3, -0.25) is 0 Å². The molecule has 5 atom stereocenters. The van der Waals surface area contributed by atoms with Crippen LogP contribution in [-0.4, -0.2) is 91.7 Å². The number of ether oxygens (including phenoxy) is 3. The summed E-state index contributed by atoms with van der Waals surface area (Å²) < 4.78 is 79.9. The summed E-state index contributed by atoms with van der Waals surface area (Å²) in [5, 5.41) is 17.2. The van der Waals surface area contributed by atoms with Crippen LogP contribution in [-0.2, 0) is 30.7 Å². The molecule has 0 spiro atoms. The number of carbonyl (C=O) groups excluding carboxylic acids is 1. The van der Waals surface area contributed by atoms with Gasteiger partial charge in [0.2, 0.25) is 10.0 Å². The number of halogens is 2. The number of sulfonamides is 1. The normalized spacial score (nSPS) is 22.4. The Bertz CT molecular complexity index is 1620. The van der Waals surface area contributed by atoms with Crippen molar-refractivity contribution < 1.29 is 45.7 Å². The molecule has 3 aromatic rings. The van der Waals surface area contributed by atoms with Crippen LogP contribution in [0.5, 0.6) is 0 Å². The standard InChI is InChI=1S/C32H42F2N4O8S/c1-19(2)16-38(47(41,42)22-10-11-23-27(15-22)45-30(36-23)35-20(3)4)17-25(39)24(14-21-8-6-5-7-9-21)37-31(40)46-26-12-13-43-29-28(26)32(33,34)18-44-29/h5-11,15,19-20,24-26,28-29,39H,12-14,16-18H2,1-4H3,(H,35,36)(H,37,40)/t24-,25+,26-,28-,29-/m0/s1. The molecule has 2 aromatic carbocycles. The molecule has 1 amide bonds. The fraction of sp³-hybridized carbons (Fsp3) is 0.562. The van der Waals surface area contributed by atoms with E-state index in [1.165, 1.54) is 12.1 Å². The van der Waals surface area contributed by atoms with Gasteiger partial charge in [-0.15, -0.1) is 0 Å². The molecule has 47 heavy (non-hydrogen) atoms. The molecule has 258 valence electrons. The van der Waals surface area contributed by atoms with Gasteiger partial charge >= 0.3 is 6.09 Å². The second kappa shape index (κ2) is 14.4. The molecule has 3 N–H and O–H groups in total. The van der Waals surface area contributed by atoms with Gasteiger partial charge in [0, 0.05) is 31.6 Å². The number of hydrogen-bond donors (Lipinski definition) is 3. The Morgan fingerprint density at radius 2 is 1.87 bits per heavy atom. The van der Waals surface area contributed by atoms with Crippen molar-refractivity contribution in [1.82, 2.24) is 14.6 Å². The number of hydrogen-bond acceptors (Lipinski definition) is 10. The molecule has 2 fully saturated rings. The summed E-state index contributed by atoms with van der Waals surface area (Å²) in [5.41, 5.74) is 1.50. The van der Waals surface area contributed by atoms with E-state index in [0.717, 1.165) is 9.87 Å². The first kappa shape index (κ1) is 35.0. The number of carbonyl (C=O) groups is 1. The maximum Gasteiger partial charge on any atom is 0.407 e. The summed E-state index contributed by atoms with van der Waals surface area (Å²) in [5.74, 6) is -4.83. The van der Waals surface area contributed by atoms with E-state index < -0.39 is 59.1 Å². The van der Waals surface area contributed by atoms with Crippen molar-refractivity contribution in [2.45, 2.75) is 81.9 Å². The number of benzene rings is 2. The zero-order valence-corrected chi connectivity index (χ0v) is 27.6. The molecule has 3 heterocycles. The molecule has 2 aliphatic heterocycles. The highest BCUT2D eigenvalue weighted by atomic mass is 32.2. The summed E-state index contributed by atoms with van der Waals surface area (Å²) >= 11 is 0. The van der Waals surface area contributed by atoms with E-state index in [1.807, 2.05) is 33.8 Å². The third kappa shape index (κ3) is 8.38. The van der Waals surface area contributed by atoms with Gasteiger partial charge in [0.15, 0.2) is 11.9 Å². The largest absolute Gasteiger partial charge is 0.445 e. The lowest BCUT2D eigenvalue weighted by Crippen LogP contribution is -2.53. The zero-order chi connectivity index (χ0) is 33.9. The molecule has 12 nitrogen and oxygen atoms in total. The van der Waals surface area contributed by atoms with Gasteiger partial charge in [0.1, 0.15) is 24.1 Å². The average molecular weight is 681 g/mol. The van der Waals surface area contributed by atoms with Crippen molar-refractivity contribution in [1.29, 1.82) is 0 Å². The number of nitrogens with zero attached hydrogens (tertiary/aromatic N) is 2. The number of fused-ring (bicyclic) bond motifs is 2. The van der Waals surface area contributed by atoms with E-state index in [9.17, 15) is 27.1 Å². The van der Waals surface area contributed by atoms with E-state index in [2.05, 4.69) is 15.6 Å². The Balaban J connectivity index is 1.36. The van der Waals surface area contributed by atoms with Crippen molar-refractivity contribution in [2.75, 3.05) is 31.6 Å². The van der Waals surface area contributed by atoms with Crippen LogP contribution >= 0.6 is 0 Å². The SMILES string of the molecule is CC(C)CN(C[C@@H](O)[C@H](Cc1ccccc1)NC(=O)O[C@H]1CCO[C@H]2OCC(F)(F)[C@H]21)S(=O)(=O)c1ccc2nc(NC(C)C)oc2c1. The van der Waals surface area contributed by atoms with Gasteiger partial charge in [-0.25, -0.2) is 22.0 Å². The molecular formula is C32H42F2N4O8S. The van der Waals surface area contributed by atoms with E-state index in [1.54, 1.807) is 30.3 Å². The number of aliphatic hydroxyl groups is 1. The Labute approximate surface area is 272 Å². The van der Waals surface area contributed by atoms with Crippen LogP contribution in [0.4, 0.5) is 19.6 Å². The summed E-state index contributed by atoms with van der Waals surface area (Å²) in [6.45, 7) is 6.46. The summed E-state index contributed by atoms with van der Waals surface area (Å²) in [7, 11) is -4.17. The number of amides is 1. The van der Waals surface area contributed by atoms with E-state index >= 15 is 0 Å². The lowest BCUT2D eigenvalue weighted by Gasteiger charge is -2.35. The summed E-state index contributed by atoms with van der Waals surface area (Å²) in [4.78, 5) is 17.5. The lowest BCUT2D eigenvalue weighted by atomic mass is 9.92. The highest BCUT2D eigenvalue weighted by molar-refractivity contribution is 7.89. The third-order valence-corrected chi connectivity index (χ3v) is 9.83. The smallest absolute Gasteiger partial charge is 0.407 e. The number of aromatic nitrogens is 1. The maximum atomic E-state index is 14.6. The number of nitrogens with one attached hydrogen (secondary N) is 2. The van der Waals surface area contributed by atoms with Gasteiger partial charge in [-0.05, 0) is 43.9 Å². The highest BCUT2D eigenvalue weighted by Gasteiger charge is 2.58. The molecule has 0 aliphatic carbocycles. The first-order chi connectivity index (χ1) is 22.2. The lowest BCUT2D eigenvalue weighted by molar-refractivity contribution is -0.194. The van der Waals surface area contributed by atoms with Crippen LogP contribution in [0.15, 0.2) is 57.8 Å². The number of rotatable bonds is 13. The van der Waals surface area contributed by atoms with Crippen LogP contribution in [0.1, 0.15) is 39.7 Å². The van der Waals surface area contributed by atoms with Crippen LogP contribution in [0.25, 0.3) is 11.1 Å². The summed E-state index contributed by atoms with van der Waals surface area (Å²) in [6.07, 6.45) is -4.64. The van der Waals surface area contributed by atoms with E-state index in [4.69, 9.17) is 18.6 Å². The Kier molecular flexibility index (Phi) is 10.7. The van der Waals surface area contributed by atoms with Gasteiger partial charge < -0.3 is 34.4 Å². The van der Waals surface area contributed by atoms with Crippen molar-refractivity contribution in [2.24, 2.45) is 11.8 Å². The van der Waals surface area contributed by atoms with Crippen molar-refractivity contribution in [3.05, 3.63) is 54.1 Å². The Morgan fingerprint density at radius 1 is 1.13 bits per heavy atom. The fourth-order valence-corrected chi connectivity index (χ4v) is 7.45. The van der Waals surface area contributed by atoms with Gasteiger partial charge in [0.25, 0.3) is 11.9 Å². The molecule has 2 saturated heterocycles. The molecule has 0 saturated carbocycles. The third-order valence-electron chi connectivity index (χ3n) is 8.00. The number of alkyl halides is 2. The van der Waals surface area contributed by atoms with Crippen molar-refractivity contribution in [3.63, 3.8) is 0 Å². The van der Waals surface area contributed by atoms with Crippen LogP contribution in [0, 0.1) is 11.8 Å². The minimum Gasteiger partial charge on any atom is -0.445 e. The molecule has 0 unspecified atom stereocenters. The molecule has 0 radical (unpaired) electrons. The van der Waals surface area contributed by atoms with Crippen LogP contribution in [0.3, 0.4) is 0 Å². The van der Waals surface area contributed by atoms with E-state index in [0.29, 0.717) is 5.52 Å². The van der Waals surface area contributed by atoms with Crippen molar-refractivity contribution >= 4 is 33.2 Å². The second-order valence-electron chi connectivity index (χ2n) is 12.7. The molecular weight excluding hydrogens is 638 g/mol. The van der Waals surface area contributed by atoms with Gasteiger partial charge in [0.05, 0.1) is 23.6 Å². The molecule has 0 bridgehead atoms. The predicted molar refractivity (Wildman–Crippen MR) is 168 cm³/mol. The van der Waals surface area contributed by atoms with Crippen LogP contribution < -0.4 is 10.6 Å². The number of alkyl carbamates (subject to hydrolysis) is 1. The monoisotopic (exact) mass is 680 g/mol. The first-order valence-electron chi connectivity index (χ1n) is 15.7. The quantitative estimate of drug-likeness (QED) is 0.237. The zero-order valence-electron chi connectivity index (χ0n) is 26.8. The fourth-order valence-electron chi connectivity index (χ4n) is 5.81. The number of oxazole rings is 1. The Morgan fingerprint density at radius 3 is 2.57 bits per heavy atom. The van der Waals surface area contributed by atoms with Crippen molar-refractivity contribution in [3.8, 4) is 0 Å².